The second-order valence-corrected chi connectivity index (χ2v) is 5.08. The van der Waals surface area contributed by atoms with E-state index in [2.05, 4.69) is 20.9 Å². The first-order chi connectivity index (χ1) is 10.1. The molecule has 2 amide bonds. The van der Waals surface area contributed by atoms with Crippen LogP contribution in [0.3, 0.4) is 0 Å². The molecule has 110 valence electrons. The largest absolute Gasteiger partial charge is 0.488 e. The average molecular weight is 287 g/mol. The van der Waals surface area contributed by atoms with Gasteiger partial charge in [-0.15, -0.1) is 5.10 Å². The van der Waals surface area contributed by atoms with Crippen LogP contribution in [-0.2, 0) is 7.05 Å². The van der Waals surface area contributed by atoms with Crippen molar-refractivity contribution in [3.05, 3.63) is 35.5 Å². The molecule has 2 aromatic rings. The van der Waals surface area contributed by atoms with Crippen molar-refractivity contribution < 1.29 is 9.53 Å². The Balaban J connectivity index is 1.72. The van der Waals surface area contributed by atoms with Gasteiger partial charge in [0.05, 0.1) is 11.7 Å². The van der Waals surface area contributed by atoms with Crippen LogP contribution in [0.2, 0.25) is 0 Å². The summed E-state index contributed by atoms with van der Waals surface area (Å²) in [6.07, 6.45) is -0.115. The fraction of sp³-hybridized carbons (Fsp3) is 0.357. The van der Waals surface area contributed by atoms with Crippen molar-refractivity contribution >= 4 is 11.8 Å². The third-order valence-electron chi connectivity index (χ3n) is 3.66. The Morgan fingerprint density at radius 1 is 1.38 bits per heavy atom. The Morgan fingerprint density at radius 2 is 2.14 bits per heavy atom. The Morgan fingerprint density at radius 3 is 2.86 bits per heavy atom. The minimum absolute atomic E-state index is 0.115. The van der Waals surface area contributed by atoms with E-state index < -0.39 is 0 Å². The van der Waals surface area contributed by atoms with Crippen molar-refractivity contribution in [2.45, 2.75) is 26.0 Å². The molecular weight excluding hydrogens is 270 g/mol. The van der Waals surface area contributed by atoms with E-state index in [1.165, 1.54) is 0 Å². The minimum Gasteiger partial charge on any atom is -0.488 e. The summed E-state index contributed by atoms with van der Waals surface area (Å²) >= 11 is 0. The summed E-state index contributed by atoms with van der Waals surface area (Å²) in [6, 6.07) is 7.19. The van der Waals surface area contributed by atoms with Gasteiger partial charge < -0.3 is 10.1 Å². The summed E-state index contributed by atoms with van der Waals surface area (Å²) in [5, 5.41) is 13.4. The van der Waals surface area contributed by atoms with Crippen molar-refractivity contribution in [3.63, 3.8) is 0 Å². The van der Waals surface area contributed by atoms with Gasteiger partial charge in [-0.2, -0.15) is 0 Å². The number of benzene rings is 1. The lowest BCUT2D eigenvalue weighted by Gasteiger charge is -2.16. The Labute approximate surface area is 122 Å². The molecule has 7 nitrogen and oxygen atoms in total. The second kappa shape index (κ2) is 5.08. The first-order valence-corrected chi connectivity index (χ1v) is 6.75. The lowest BCUT2D eigenvalue weighted by atomic mass is 10.1. The third kappa shape index (κ3) is 2.42. The van der Waals surface area contributed by atoms with E-state index in [0.29, 0.717) is 5.82 Å². The maximum absolute atomic E-state index is 12.1. The van der Waals surface area contributed by atoms with Crippen LogP contribution in [0.25, 0.3) is 0 Å². The number of para-hydroxylation sites is 1. The molecule has 0 spiro atoms. The maximum Gasteiger partial charge on any atom is 0.321 e. The number of nitrogens with one attached hydrogen (secondary N) is 2. The lowest BCUT2D eigenvalue weighted by molar-refractivity contribution is 0.204. The van der Waals surface area contributed by atoms with E-state index in [9.17, 15) is 4.79 Å². The standard InChI is InChI=1S/C14H17N5O2/c1-8-13(17-18-19(8)3)16-14(20)15-12-9(2)21-11-7-5-4-6-10(11)12/h4-7,9,12H,1-3H3,(H2,15,16,20). The number of aromatic nitrogens is 3. The van der Waals surface area contributed by atoms with Crippen LogP contribution in [0.5, 0.6) is 5.75 Å². The number of aryl methyl sites for hydroxylation is 1. The second-order valence-electron chi connectivity index (χ2n) is 5.08. The highest BCUT2D eigenvalue weighted by Gasteiger charge is 2.32. The predicted octanol–water partition coefficient (Wildman–Crippen LogP) is 1.77. The van der Waals surface area contributed by atoms with E-state index in [-0.39, 0.29) is 18.2 Å². The molecule has 2 unspecified atom stereocenters. The maximum atomic E-state index is 12.1. The third-order valence-corrected chi connectivity index (χ3v) is 3.66. The number of carbonyl (C=O) groups is 1. The lowest BCUT2D eigenvalue weighted by Crippen LogP contribution is -2.37. The minimum atomic E-state index is -0.323. The van der Waals surface area contributed by atoms with Crippen LogP contribution in [-0.4, -0.2) is 27.1 Å². The van der Waals surface area contributed by atoms with Gasteiger partial charge in [0.15, 0.2) is 5.82 Å². The number of ether oxygens (including phenoxy) is 1. The van der Waals surface area contributed by atoms with Crippen LogP contribution in [0.15, 0.2) is 24.3 Å². The monoisotopic (exact) mass is 287 g/mol. The molecular formula is C14H17N5O2. The SMILES string of the molecule is Cc1c(NC(=O)NC2c3ccccc3OC2C)nnn1C. The van der Waals surface area contributed by atoms with E-state index in [1.807, 2.05) is 38.1 Å². The van der Waals surface area contributed by atoms with Gasteiger partial charge in [0.1, 0.15) is 11.9 Å². The molecule has 0 bridgehead atoms. The van der Waals surface area contributed by atoms with Gasteiger partial charge in [0.25, 0.3) is 0 Å². The van der Waals surface area contributed by atoms with Crippen molar-refractivity contribution in [1.29, 1.82) is 0 Å². The summed E-state index contributed by atoms with van der Waals surface area (Å²) in [7, 11) is 1.77. The highest BCUT2D eigenvalue weighted by molar-refractivity contribution is 5.89. The summed E-state index contributed by atoms with van der Waals surface area (Å²) in [5.41, 5.74) is 1.78. The number of rotatable bonds is 2. The number of fused-ring (bicyclic) bond motifs is 1. The van der Waals surface area contributed by atoms with Crippen molar-refractivity contribution in [1.82, 2.24) is 20.3 Å². The molecule has 0 fully saturated rings. The number of carbonyl (C=O) groups excluding carboxylic acids is 1. The molecule has 1 aromatic heterocycles. The Kier molecular flexibility index (Phi) is 3.25. The zero-order valence-corrected chi connectivity index (χ0v) is 12.1. The summed E-state index contributed by atoms with van der Waals surface area (Å²) < 4.78 is 7.33. The fourth-order valence-electron chi connectivity index (χ4n) is 2.37. The predicted molar refractivity (Wildman–Crippen MR) is 77.2 cm³/mol. The summed E-state index contributed by atoms with van der Waals surface area (Å²) in [4.78, 5) is 12.1. The van der Waals surface area contributed by atoms with Crippen molar-refractivity contribution in [2.75, 3.05) is 5.32 Å². The van der Waals surface area contributed by atoms with Gasteiger partial charge in [-0.1, -0.05) is 23.4 Å². The number of anilines is 1. The molecule has 2 atom stereocenters. The number of amides is 2. The first kappa shape index (κ1) is 13.4. The zero-order valence-electron chi connectivity index (χ0n) is 12.1. The van der Waals surface area contributed by atoms with E-state index in [0.717, 1.165) is 17.0 Å². The van der Waals surface area contributed by atoms with Crippen LogP contribution >= 0.6 is 0 Å². The van der Waals surface area contributed by atoms with Gasteiger partial charge >= 0.3 is 6.03 Å². The first-order valence-electron chi connectivity index (χ1n) is 6.75. The van der Waals surface area contributed by atoms with E-state index in [4.69, 9.17) is 4.74 Å². The molecule has 0 radical (unpaired) electrons. The molecule has 7 heteroatoms. The summed E-state index contributed by atoms with van der Waals surface area (Å²) in [5.74, 6) is 1.26. The summed E-state index contributed by atoms with van der Waals surface area (Å²) in [6.45, 7) is 3.77. The molecule has 3 rings (SSSR count). The van der Waals surface area contributed by atoms with Gasteiger partial charge in [0.2, 0.25) is 0 Å². The number of nitrogens with zero attached hydrogens (tertiary/aromatic N) is 3. The molecule has 1 aliphatic rings. The van der Waals surface area contributed by atoms with Gasteiger partial charge in [-0.25, -0.2) is 4.79 Å². The van der Waals surface area contributed by atoms with Crippen LogP contribution in [0, 0.1) is 6.92 Å². The Bertz CT molecular complexity index is 682. The van der Waals surface area contributed by atoms with Gasteiger partial charge in [-0.3, -0.25) is 10.00 Å². The van der Waals surface area contributed by atoms with E-state index >= 15 is 0 Å². The number of hydrogen-bond acceptors (Lipinski definition) is 4. The molecule has 0 saturated carbocycles. The highest BCUT2D eigenvalue weighted by Crippen LogP contribution is 2.36. The zero-order chi connectivity index (χ0) is 15.0. The molecule has 1 aliphatic heterocycles. The quantitative estimate of drug-likeness (QED) is 0.882. The molecule has 2 heterocycles. The van der Waals surface area contributed by atoms with Crippen LogP contribution in [0.4, 0.5) is 10.6 Å². The van der Waals surface area contributed by atoms with E-state index in [1.54, 1.807) is 11.7 Å². The molecule has 0 saturated heterocycles. The Hall–Kier alpha value is -2.57. The topological polar surface area (TPSA) is 81.1 Å². The average Bonchev–Trinajstić information content (AvgIpc) is 2.94. The van der Waals surface area contributed by atoms with Crippen molar-refractivity contribution in [2.24, 2.45) is 7.05 Å². The normalized spacial score (nSPS) is 19.8. The number of hydrogen-bond donors (Lipinski definition) is 2. The molecule has 1 aromatic carbocycles. The molecule has 21 heavy (non-hydrogen) atoms. The van der Waals surface area contributed by atoms with Crippen LogP contribution in [0.1, 0.15) is 24.2 Å². The van der Waals surface area contributed by atoms with Gasteiger partial charge in [-0.05, 0) is 19.9 Å². The number of urea groups is 1. The van der Waals surface area contributed by atoms with Gasteiger partial charge in [0, 0.05) is 12.6 Å². The smallest absolute Gasteiger partial charge is 0.321 e. The van der Waals surface area contributed by atoms with Crippen LogP contribution < -0.4 is 15.4 Å². The molecule has 0 aliphatic carbocycles. The fourth-order valence-corrected chi connectivity index (χ4v) is 2.37. The highest BCUT2D eigenvalue weighted by atomic mass is 16.5. The molecule has 2 N–H and O–H groups in total. The van der Waals surface area contributed by atoms with Crippen molar-refractivity contribution in [3.8, 4) is 5.75 Å².